The van der Waals surface area contributed by atoms with Gasteiger partial charge in [0.15, 0.2) is 6.73 Å². The van der Waals surface area contributed by atoms with Crippen LogP contribution in [0, 0.1) is 6.92 Å². The summed E-state index contributed by atoms with van der Waals surface area (Å²) < 4.78 is 7.27. The van der Waals surface area contributed by atoms with Gasteiger partial charge in [0.1, 0.15) is 11.4 Å². The van der Waals surface area contributed by atoms with E-state index in [2.05, 4.69) is 10.4 Å². The number of nitrogens with one attached hydrogen (secondary N) is 1. The second-order valence-electron chi connectivity index (χ2n) is 5.17. The Morgan fingerprint density at radius 1 is 1.48 bits per heavy atom. The standard InChI is InChI=1S/C15H16ClN3O2/c1-10-8-11(16)2-5-14(10)21-9-19-7-6-13(18-19)15(20)17-12-3-4-12/h2,5-8,12H,3-4,9H2,1H3,(H,17,20). The number of aryl methyl sites for hydroxylation is 1. The van der Waals surface area contributed by atoms with E-state index >= 15 is 0 Å². The van der Waals surface area contributed by atoms with Crippen LogP contribution >= 0.6 is 11.6 Å². The van der Waals surface area contributed by atoms with Gasteiger partial charge in [0.25, 0.3) is 5.91 Å². The molecule has 1 amide bonds. The van der Waals surface area contributed by atoms with E-state index in [0.717, 1.165) is 24.2 Å². The molecule has 1 aromatic heterocycles. The molecule has 0 unspecified atom stereocenters. The van der Waals surface area contributed by atoms with Gasteiger partial charge in [0, 0.05) is 17.3 Å². The van der Waals surface area contributed by atoms with Gasteiger partial charge < -0.3 is 10.1 Å². The lowest BCUT2D eigenvalue weighted by molar-refractivity contribution is 0.0944. The summed E-state index contributed by atoms with van der Waals surface area (Å²) in [4.78, 5) is 11.8. The Bertz CT molecular complexity index is 665. The predicted molar refractivity (Wildman–Crippen MR) is 79.5 cm³/mol. The molecule has 1 saturated carbocycles. The van der Waals surface area contributed by atoms with Gasteiger partial charge in [-0.05, 0) is 49.6 Å². The van der Waals surface area contributed by atoms with Crippen molar-refractivity contribution in [2.75, 3.05) is 0 Å². The van der Waals surface area contributed by atoms with Crippen LogP contribution in [0.5, 0.6) is 5.75 Å². The van der Waals surface area contributed by atoms with Crippen molar-refractivity contribution >= 4 is 17.5 Å². The van der Waals surface area contributed by atoms with Crippen LogP contribution in [0.15, 0.2) is 30.5 Å². The van der Waals surface area contributed by atoms with Gasteiger partial charge in [-0.15, -0.1) is 0 Å². The molecule has 21 heavy (non-hydrogen) atoms. The van der Waals surface area contributed by atoms with Crippen LogP contribution in [0.25, 0.3) is 0 Å². The molecule has 1 fully saturated rings. The molecular weight excluding hydrogens is 290 g/mol. The summed E-state index contributed by atoms with van der Waals surface area (Å²) in [5.74, 6) is 0.623. The van der Waals surface area contributed by atoms with E-state index in [-0.39, 0.29) is 12.6 Å². The molecular formula is C15H16ClN3O2. The molecule has 3 rings (SSSR count). The number of ether oxygens (including phenoxy) is 1. The van der Waals surface area contributed by atoms with Gasteiger partial charge in [-0.1, -0.05) is 11.6 Å². The lowest BCUT2D eigenvalue weighted by atomic mass is 10.2. The fourth-order valence-electron chi connectivity index (χ4n) is 1.95. The van der Waals surface area contributed by atoms with E-state index in [1.54, 1.807) is 23.0 Å². The molecule has 1 aromatic carbocycles. The highest BCUT2D eigenvalue weighted by Crippen LogP contribution is 2.22. The van der Waals surface area contributed by atoms with Crippen molar-refractivity contribution in [3.8, 4) is 5.75 Å². The van der Waals surface area contributed by atoms with Gasteiger partial charge in [0.2, 0.25) is 0 Å². The number of nitrogens with zero attached hydrogens (tertiary/aromatic N) is 2. The maximum atomic E-state index is 11.8. The Labute approximate surface area is 127 Å². The molecule has 1 heterocycles. The summed E-state index contributed by atoms with van der Waals surface area (Å²) >= 11 is 5.90. The summed E-state index contributed by atoms with van der Waals surface area (Å²) in [5, 5.41) is 7.79. The Morgan fingerprint density at radius 2 is 2.29 bits per heavy atom. The minimum absolute atomic E-state index is 0.126. The first-order chi connectivity index (χ1) is 10.1. The molecule has 5 nitrogen and oxygen atoms in total. The van der Waals surface area contributed by atoms with Gasteiger partial charge >= 0.3 is 0 Å². The number of hydrogen-bond donors (Lipinski definition) is 1. The van der Waals surface area contributed by atoms with E-state index in [1.807, 2.05) is 19.1 Å². The van der Waals surface area contributed by atoms with E-state index < -0.39 is 0 Å². The van der Waals surface area contributed by atoms with Gasteiger partial charge in [-0.3, -0.25) is 4.79 Å². The first kappa shape index (κ1) is 13.9. The molecule has 0 saturated heterocycles. The third kappa shape index (κ3) is 3.55. The lowest BCUT2D eigenvalue weighted by Crippen LogP contribution is -2.26. The minimum Gasteiger partial charge on any atom is -0.471 e. The van der Waals surface area contributed by atoms with Crippen molar-refractivity contribution in [2.45, 2.75) is 32.5 Å². The summed E-state index contributed by atoms with van der Waals surface area (Å²) in [6.45, 7) is 2.18. The molecule has 0 bridgehead atoms. The van der Waals surface area contributed by atoms with E-state index in [0.29, 0.717) is 16.8 Å². The third-order valence-corrected chi connectivity index (χ3v) is 3.51. The van der Waals surface area contributed by atoms with Crippen LogP contribution in [-0.4, -0.2) is 21.7 Å². The summed E-state index contributed by atoms with van der Waals surface area (Å²) in [5.41, 5.74) is 1.37. The fraction of sp³-hybridized carbons (Fsp3) is 0.333. The quantitative estimate of drug-likeness (QED) is 0.924. The smallest absolute Gasteiger partial charge is 0.271 e. The van der Waals surface area contributed by atoms with Crippen LogP contribution in [0.2, 0.25) is 5.02 Å². The summed E-state index contributed by atoms with van der Waals surface area (Å²) in [6, 6.07) is 7.46. The van der Waals surface area contributed by atoms with Crippen molar-refractivity contribution in [3.63, 3.8) is 0 Å². The highest BCUT2D eigenvalue weighted by atomic mass is 35.5. The maximum absolute atomic E-state index is 11.8. The fourth-order valence-corrected chi connectivity index (χ4v) is 2.18. The Hall–Kier alpha value is -2.01. The van der Waals surface area contributed by atoms with Crippen molar-refractivity contribution in [3.05, 3.63) is 46.7 Å². The monoisotopic (exact) mass is 305 g/mol. The normalized spacial score (nSPS) is 14.0. The zero-order valence-corrected chi connectivity index (χ0v) is 12.4. The van der Waals surface area contributed by atoms with Gasteiger partial charge in [-0.2, -0.15) is 5.10 Å². The number of hydrogen-bond acceptors (Lipinski definition) is 3. The average molecular weight is 306 g/mol. The summed E-state index contributed by atoms with van der Waals surface area (Å²) in [6.07, 6.45) is 3.85. The number of carbonyl (C=O) groups excluding carboxylic acids is 1. The van der Waals surface area contributed by atoms with Crippen LogP contribution in [0.1, 0.15) is 28.9 Å². The zero-order chi connectivity index (χ0) is 14.8. The summed E-state index contributed by atoms with van der Waals surface area (Å²) in [7, 11) is 0. The zero-order valence-electron chi connectivity index (χ0n) is 11.7. The Balaban J connectivity index is 1.60. The molecule has 0 aliphatic heterocycles. The van der Waals surface area contributed by atoms with Crippen LogP contribution in [-0.2, 0) is 6.73 Å². The van der Waals surface area contributed by atoms with Gasteiger partial charge in [-0.25, -0.2) is 4.68 Å². The second kappa shape index (κ2) is 5.77. The molecule has 6 heteroatoms. The van der Waals surface area contributed by atoms with Crippen LogP contribution in [0.4, 0.5) is 0 Å². The number of amides is 1. The SMILES string of the molecule is Cc1cc(Cl)ccc1OCn1ccc(C(=O)NC2CC2)n1. The van der Waals surface area contributed by atoms with E-state index in [9.17, 15) is 4.79 Å². The first-order valence-corrected chi connectivity index (χ1v) is 7.23. The highest BCUT2D eigenvalue weighted by Gasteiger charge is 2.24. The van der Waals surface area contributed by atoms with Crippen molar-refractivity contribution in [1.29, 1.82) is 0 Å². The molecule has 0 spiro atoms. The number of halogens is 1. The van der Waals surface area contributed by atoms with E-state index in [1.165, 1.54) is 0 Å². The predicted octanol–water partition coefficient (Wildman–Crippen LogP) is 2.77. The number of carbonyl (C=O) groups is 1. The molecule has 0 radical (unpaired) electrons. The average Bonchev–Trinajstić information content (AvgIpc) is 3.13. The van der Waals surface area contributed by atoms with Crippen molar-refractivity contribution in [2.24, 2.45) is 0 Å². The van der Waals surface area contributed by atoms with Crippen LogP contribution in [0.3, 0.4) is 0 Å². The minimum atomic E-state index is -0.126. The first-order valence-electron chi connectivity index (χ1n) is 6.85. The Morgan fingerprint density at radius 3 is 3.00 bits per heavy atom. The lowest BCUT2D eigenvalue weighted by Gasteiger charge is -2.09. The molecule has 1 aliphatic rings. The maximum Gasteiger partial charge on any atom is 0.271 e. The number of aromatic nitrogens is 2. The number of rotatable bonds is 5. The molecule has 2 aromatic rings. The third-order valence-electron chi connectivity index (χ3n) is 3.28. The molecule has 110 valence electrons. The van der Waals surface area contributed by atoms with Crippen LogP contribution < -0.4 is 10.1 Å². The van der Waals surface area contributed by atoms with E-state index in [4.69, 9.17) is 16.3 Å². The topological polar surface area (TPSA) is 56.1 Å². The van der Waals surface area contributed by atoms with Gasteiger partial charge in [0.05, 0.1) is 0 Å². The van der Waals surface area contributed by atoms with Crippen molar-refractivity contribution in [1.82, 2.24) is 15.1 Å². The molecule has 0 atom stereocenters. The highest BCUT2D eigenvalue weighted by molar-refractivity contribution is 6.30. The molecule has 1 N–H and O–H groups in total. The second-order valence-corrected chi connectivity index (χ2v) is 5.61. The largest absolute Gasteiger partial charge is 0.471 e. The molecule has 1 aliphatic carbocycles. The Kier molecular flexibility index (Phi) is 3.84. The number of benzene rings is 1. The van der Waals surface area contributed by atoms with Crippen molar-refractivity contribution < 1.29 is 9.53 Å².